The smallest absolute Gasteiger partial charge is 0.122 e. The van der Waals surface area contributed by atoms with Gasteiger partial charge in [0.05, 0.1) is 7.11 Å². The Balaban J connectivity index is 1.32. The van der Waals surface area contributed by atoms with Gasteiger partial charge in [-0.2, -0.15) is 0 Å². The topological polar surface area (TPSA) is 25.4 Å². The number of nitrogens with zero attached hydrogens (tertiary/aromatic N) is 2. The monoisotopic (exact) mass is 362 g/mol. The molecule has 3 aliphatic rings. The van der Waals surface area contributed by atoms with Crippen molar-refractivity contribution in [1.82, 2.24) is 9.88 Å². The van der Waals surface area contributed by atoms with Gasteiger partial charge in [0.2, 0.25) is 0 Å². The molecule has 1 aliphatic heterocycles. The van der Waals surface area contributed by atoms with E-state index in [0.29, 0.717) is 5.92 Å². The normalized spacial score (nSPS) is 28.6. The zero-order valence-electron chi connectivity index (χ0n) is 16.3. The van der Waals surface area contributed by atoms with Crippen LogP contribution in [-0.4, -0.2) is 36.1 Å². The van der Waals surface area contributed by atoms with Gasteiger partial charge in [0.1, 0.15) is 5.75 Å². The number of ether oxygens (including phenoxy) is 1. The van der Waals surface area contributed by atoms with Crippen LogP contribution in [0.15, 0.2) is 42.7 Å². The lowest BCUT2D eigenvalue weighted by atomic mass is 9.85. The first-order chi connectivity index (χ1) is 13.3. The third-order valence-corrected chi connectivity index (χ3v) is 7.38. The Morgan fingerprint density at radius 3 is 2.41 bits per heavy atom. The number of likely N-dealkylation sites (tertiary alicyclic amines) is 1. The number of piperidine rings is 1. The second-order valence-electron chi connectivity index (χ2n) is 8.75. The van der Waals surface area contributed by atoms with Gasteiger partial charge in [-0.3, -0.25) is 4.98 Å². The number of pyridine rings is 1. The number of hydrogen-bond donors (Lipinski definition) is 0. The molecule has 3 nitrogen and oxygen atoms in total. The summed E-state index contributed by atoms with van der Waals surface area (Å²) in [5, 5.41) is 0. The highest BCUT2D eigenvalue weighted by molar-refractivity contribution is 5.65. The standard InChI is InChI=1S/C24H30N2O/c1-27-24-5-4-20(18-6-10-25-11-7-18)16-22(24)19-8-12-26(13-9-19)23-15-17-2-3-21(23)14-17/h4-7,10-11,16-17,19,21,23H,2-3,8-9,12-15H2,1H3/t17?,21?,23-/m1/s1. The summed E-state index contributed by atoms with van der Waals surface area (Å²) in [7, 11) is 1.80. The summed E-state index contributed by atoms with van der Waals surface area (Å²) in [4.78, 5) is 6.97. The van der Waals surface area contributed by atoms with Gasteiger partial charge in [0, 0.05) is 18.4 Å². The summed E-state index contributed by atoms with van der Waals surface area (Å²) >= 11 is 0. The van der Waals surface area contributed by atoms with Crippen LogP contribution in [0.2, 0.25) is 0 Å². The molecule has 2 unspecified atom stereocenters. The number of rotatable bonds is 4. The molecule has 3 atom stereocenters. The Bertz CT molecular complexity index is 782. The molecule has 1 aromatic heterocycles. The van der Waals surface area contributed by atoms with Crippen LogP contribution in [0.4, 0.5) is 0 Å². The summed E-state index contributed by atoms with van der Waals surface area (Å²) in [5.74, 6) is 3.69. The van der Waals surface area contributed by atoms with Crippen molar-refractivity contribution in [1.29, 1.82) is 0 Å². The molecule has 5 rings (SSSR count). The van der Waals surface area contributed by atoms with Gasteiger partial charge >= 0.3 is 0 Å². The van der Waals surface area contributed by atoms with Crippen LogP contribution in [0.1, 0.15) is 50.0 Å². The third-order valence-electron chi connectivity index (χ3n) is 7.38. The zero-order valence-corrected chi connectivity index (χ0v) is 16.3. The first-order valence-corrected chi connectivity index (χ1v) is 10.6. The summed E-state index contributed by atoms with van der Waals surface area (Å²) in [6, 6.07) is 11.7. The molecule has 0 radical (unpaired) electrons. The van der Waals surface area contributed by atoms with E-state index in [1.54, 1.807) is 7.11 Å². The van der Waals surface area contributed by atoms with E-state index in [2.05, 4.69) is 40.2 Å². The number of hydrogen-bond acceptors (Lipinski definition) is 3. The lowest BCUT2D eigenvalue weighted by Gasteiger charge is -2.40. The number of aromatic nitrogens is 1. The van der Waals surface area contributed by atoms with Gasteiger partial charge < -0.3 is 9.64 Å². The molecule has 2 saturated carbocycles. The van der Waals surface area contributed by atoms with Crippen LogP contribution in [0.25, 0.3) is 11.1 Å². The molecule has 3 heteroatoms. The number of benzene rings is 1. The Morgan fingerprint density at radius 2 is 1.74 bits per heavy atom. The molecule has 0 N–H and O–H groups in total. The molecule has 1 saturated heterocycles. The maximum Gasteiger partial charge on any atom is 0.122 e. The van der Waals surface area contributed by atoms with Crippen molar-refractivity contribution in [2.24, 2.45) is 11.8 Å². The van der Waals surface area contributed by atoms with E-state index in [-0.39, 0.29) is 0 Å². The van der Waals surface area contributed by atoms with Gasteiger partial charge in [-0.25, -0.2) is 0 Å². The molecular formula is C24H30N2O. The van der Waals surface area contributed by atoms with Gasteiger partial charge in [0.25, 0.3) is 0 Å². The van der Waals surface area contributed by atoms with E-state index in [1.807, 2.05) is 12.4 Å². The molecule has 2 aliphatic carbocycles. The quantitative estimate of drug-likeness (QED) is 0.754. The van der Waals surface area contributed by atoms with Crippen LogP contribution >= 0.6 is 0 Å². The van der Waals surface area contributed by atoms with Crippen LogP contribution in [0.3, 0.4) is 0 Å². The van der Waals surface area contributed by atoms with Gasteiger partial charge in [-0.05, 0) is 104 Å². The molecule has 0 spiro atoms. The highest BCUT2D eigenvalue weighted by atomic mass is 16.5. The second-order valence-corrected chi connectivity index (χ2v) is 8.75. The molecule has 2 bridgehead atoms. The zero-order chi connectivity index (χ0) is 18.2. The maximum atomic E-state index is 5.73. The highest BCUT2D eigenvalue weighted by Gasteiger charge is 2.43. The average Bonchev–Trinajstić information content (AvgIpc) is 3.38. The predicted molar refractivity (Wildman–Crippen MR) is 109 cm³/mol. The van der Waals surface area contributed by atoms with E-state index in [9.17, 15) is 0 Å². The average molecular weight is 363 g/mol. The Morgan fingerprint density at radius 1 is 0.926 bits per heavy atom. The highest BCUT2D eigenvalue weighted by Crippen LogP contribution is 2.48. The predicted octanol–water partition coefficient (Wildman–Crippen LogP) is 5.13. The van der Waals surface area contributed by atoms with E-state index in [4.69, 9.17) is 4.74 Å². The minimum atomic E-state index is 0.608. The van der Waals surface area contributed by atoms with Crippen LogP contribution < -0.4 is 4.74 Å². The van der Waals surface area contributed by atoms with E-state index in [1.165, 1.54) is 68.3 Å². The maximum absolute atomic E-state index is 5.73. The number of fused-ring (bicyclic) bond motifs is 2. The molecule has 2 aromatic rings. The van der Waals surface area contributed by atoms with Crippen molar-refractivity contribution < 1.29 is 4.74 Å². The minimum Gasteiger partial charge on any atom is -0.496 e. The fraction of sp³-hybridized carbons (Fsp3) is 0.542. The van der Waals surface area contributed by atoms with Gasteiger partial charge in [-0.1, -0.05) is 12.5 Å². The summed E-state index contributed by atoms with van der Waals surface area (Å²) in [6.07, 6.45) is 12.2. The molecular weight excluding hydrogens is 332 g/mol. The Hall–Kier alpha value is -1.87. The second kappa shape index (κ2) is 7.27. The van der Waals surface area contributed by atoms with Crippen molar-refractivity contribution in [3.63, 3.8) is 0 Å². The largest absolute Gasteiger partial charge is 0.496 e. The van der Waals surface area contributed by atoms with Crippen LogP contribution in [0, 0.1) is 11.8 Å². The minimum absolute atomic E-state index is 0.608. The lowest BCUT2D eigenvalue weighted by Crippen LogP contribution is -2.43. The SMILES string of the molecule is COc1ccc(-c2ccncc2)cc1C1CCN([C@@H]2CC3CCC2C3)CC1. The van der Waals surface area contributed by atoms with Crippen molar-refractivity contribution in [3.8, 4) is 16.9 Å². The fourth-order valence-electron chi connectivity index (χ4n) is 5.98. The molecule has 142 valence electrons. The molecule has 1 aromatic carbocycles. The van der Waals surface area contributed by atoms with E-state index >= 15 is 0 Å². The summed E-state index contributed by atoms with van der Waals surface area (Å²) < 4.78 is 5.73. The van der Waals surface area contributed by atoms with Gasteiger partial charge in [-0.15, -0.1) is 0 Å². The van der Waals surface area contributed by atoms with Crippen LogP contribution in [-0.2, 0) is 0 Å². The first kappa shape index (κ1) is 17.2. The first-order valence-electron chi connectivity index (χ1n) is 10.6. The summed E-state index contributed by atoms with van der Waals surface area (Å²) in [6.45, 7) is 2.50. The van der Waals surface area contributed by atoms with Crippen molar-refractivity contribution in [2.75, 3.05) is 20.2 Å². The Kier molecular flexibility index (Phi) is 4.65. The van der Waals surface area contributed by atoms with E-state index < -0.39 is 0 Å². The molecule has 2 heterocycles. The summed E-state index contributed by atoms with van der Waals surface area (Å²) in [5.41, 5.74) is 3.89. The third kappa shape index (κ3) is 3.27. The molecule has 27 heavy (non-hydrogen) atoms. The number of methoxy groups -OCH3 is 1. The van der Waals surface area contributed by atoms with Crippen molar-refractivity contribution in [2.45, 2.75) is 50.5 Å². The van der Waals surface area contributed by atoms with Crippen molar-refractivity contribution in [3.05, 3.63) is 48.3 Å². The molecule has 0 amide bonds. The van der Waals surface area contributed by atoms with Crippen LogP contribution in [0.5, 0.6) is 5.75 Å². The molecule has 3 fully saturated rings. The van der Waals surface area contributed by atoms with Gasteiger partial charge in [0.15, 0.2) is 0 Å². The lowest BCUT2D eigenvalue weighted by molar-refractivity contribution is 0.110. The van der Waals surface area contributed by atoms with Crippen molar-refractivity contribution >= 4 is 0 Å². The Labute approximate surface area is 162 Å². The fourth-order valence-corrected chi connectivity index (χ4v) is 5.98. The van der Waals surface area contributed by atoms with E-state index in [0.717, 1.165) is 23.6 Å².